The summed E-state index contributed by atoms with van der Waals surface area (Å²) in [7, 11) is 2.03. The summed E-state index contributed by atoms with van der Waals surface area (Å²) in [4.78, 5) is 6.30. The summed E-state index contributed by atoms with van der Waals surface area (Å²) < 4.78 is 29.0. The Morgan fingerprint density at radius 3 is 1.96 bits per heavy atom. The van der Waals surface area contributed by atoms with E-state index in [1.54, 1.807) is 0 Å². The Morgan fingerprint density at radius 2 is 1.44 bits per heavy atom. The highest BCUT2D eigenvalue weighted by Gasteiger charge is 2.22. The van der Waals surface area contributed by atoms with Crippen LogP contribution < -0.4 is 4.90 Å². The van der Waals surface area contributed by atoms with Gasteiger partial charge in [0.15, 0.2) is 0 Å². The van der Waals surface area contributed by atoms with Gasteiger partial charge in [0.2, 0.25) is 0 Å². The molecule has 0 unspecified atom stereocenters. The molecule has 2 aliphatic rings. The Labute approximate surface area is 151 Å². The average molecular weight is 354 g/mol. The highest BCUT2D eigenvalue weighted by Crippen LogP contribution is 2.27. The van der Waals surface area contributed by atoms with Gasteiger partial charge in [-0.1, -0.05) is 20.8 Å². The topological polar surface area (TPSA) is 9.72 Å². The fraction of sp³-hybridized carbons (Fsp3) is 0.700. The molecule has 2 aliphatic heterocycles. The SMILES string of the molecule is CC.CC1CCN(Cc2cc(F)c(N3CCN(C)CC3)c(F)c2)CC1. The van der Waals surface area contributed by atoms with Gasteiger partial charge in [-0.05, 0) is 56.6 Å². The summed E-state index contributed by atoms with van der Waals surface area (Å²) in [6, 6.07) is 3.05. The van der Waals surface area contributed by atoms with E-state index >= 15 is 0 Å². The molecule has 0 N–H and O–H groups in total. The van der Waals surface area contributed by atoms with Crippen LogP contribution in [0.25, 0.3) is 0 Å². The number of rotatable bonds is 3. The van der Waals surface area contributed by atoms with E-state index in [-0.39, 0.29) is 5.69 Å². The molecule has 25 heavy (non-hydrogen) atoms. The van der Waals surface area contributed by atoms with Gasteiger partial charge in [-0.25, -0.2) is 8.78 Å². The maximum atomic E-state index is 14.5. The lowest BCUT2D eigenvalue weighted by Gasteiger charge is -2.34. The standard InChI is InChI=1S/C18H27F2N3.C2H6/c1-14-3-5-22(6-4-14)13-15-11-16(19)18(17(20)12-15)23-9-7-21(2)8-10-23;1-2/h11-12,14H,3-10,13H2,1-2H3;1-2H3. The molecule has 0 atom stereocenters. The Kier molecular flexibility index (Phi) is 7.63. The molecule has 3 nitrogen and oxygen atoms in total. The minimum Gasteiger partial charge on any atom is -0.364 e. The zero-order chi connectivity index (χ0) is 18.4. The second kappa shape index (κ2) is 9.48. The van der Waals surface area contributed by atoms with Gasteiger partial charge in [0.05, 0.1) is 0 Å². The van der Waals surface area contributed by atoms with Gasteiger partial charge < -0.3 is 9.80 Å². The van der Waals surface area contributed by atoms with Gasteiger partial charge in [-0.2, -0.15) is 0 Å². The van der Waals surface area contributed by atoms with E-state index in [4.69, 9.17) is 0 Å². The predicted molar refractivity (Wildman–Crippen MR) is 101 cm³/mol. The molecule has 2 saturated heterocycles. The maximum Gasteiger partial charge on any atom is 0.149 e. The van der Waals surface area contributed by atoms with Gasteiger partial charge in [0, 0.05) is 32.7 Å². The summed E-state index contributed by atoms with van der Waals surface area (Å²) in [6.07, 6.45) is 2.34. The number of hydrogen-bond donors (Lipinski definition) is 0. The lowest BCUT2D eigenvalue weighted by Crippen LogP contribution is -2.45. The molecule has 1 aromatic carbocycles. The first-order valence-corrected chi connectivity index (χ1v) is 9.66. The lowest BCUT2D eigenvalue weighted by molar-refractivity contribution is 0.185. The van der Waals surface area contributed by atoms with Crippen molar-refractivity contribution < 1.29 is 8.78 Å². The van der Waals surface area contributed by atoms with E-state index in [0.717, 1.165) is 37.7 Å². The Morgan fingerprint density at radius 1 is 0.920 bits per heavy atom. The summed E-state index contributed by atoms with van der Waals surface area (Å²) in [6.45, 7) is 12.0. The number of halogens is 2. The van der Waals surface area contributed by atoms with Crippen LogP contribution in [0.1, 0.15) is 39.2 Å². The van der Waals surface area contributed by atoms with E-state index in [1.165, 1.54) is 25.0 Å². The number of piperidine rings is 1. The fourth-order valence-electron chi connectivity index (χ4n) is 3.52. The van der Waals surface area contributed by atoms with Crippen LogP contribution in [0.15, 0.2) is 12.1 Å². The van der Waals surface area contributed by atoms with Gasteiger partial charge in [-0.15, -0.1) is 0 Å². The van der Waals surface area contributed by atoms with Gasteiger partial charge in [0.1, 0.15) is 17.3 Å². The third kappa shape index (κ3) is 5.38. The first-order valence-electron chi connectivity index (χ1n) is 9.66. The van der Waals surface area contributed by atoms with Crippen LogP contribution in [0.4, 0.5) is 14.5 Å². The van der Waals surface area contributed by atoms with Gasteiger partial charge in [-0.3, -0.25) is 4.90 Å². The van der Waals surface area contributed by atoms with Crippen molar-refractivity contribution >= 4 is 5.69 Å². The van der Waals surface area contributed by atoms with Crippen LogP contribution in [0.2, 0.25) is 0 Å². The summed E-state index contributed by atoms with van der Waals surface area (Å²) in [5.74, 6) is -0.0795. The van der Waals surface area contributed by atoms with Crippen LogP contribution in [-0.2, 0) is 6.54 Å². The number of likely N-dealkylation sites (N-methyl/N-ethyl adjacent to an activating group) is 1. The average Bonchev–Trinajstić information content (AvgIpc) is 2.60. The van der Waals surface area contributed by atoms with Crippen molar-refractivity contribution in [3.8, 4) is 0 Å². The molecule has 1 aromatic rings. The van der Waals surface area contributed by atoms with Gasteiger partial charge in [0.25, 0.3) is 0 Å². The summed E-state index contributed by atoms with van der Waals surface area (Å²) in [5, 5.41) is 0. The highest BCUT2D eigenvalue weighted by atomic mass is 19.1. The molecule has 0 amide bonds. The first-order chi connectivity index (χ1) is 12.0. The van der Waals surface area contributed by atoms with Gasteiger partial charge >= 0.3 is 0 Å². The molecular weight excluding hydrogens is 320 g/mol. The summed E-state index contributed by atoms with van der Waals surface area (Å²) in [5.41, 5.74) is 0.890. The molecule has 0 radical (unpaired) electrons. The highest BCUT2D eigenvalue weighted by molar-refractivity contribution is 5.51. The van der Waals surface area contributed by atoms with Crippen LogP contribution in [0, 0.1) is 17.6 Å². The zero-order valence-electron chi connectivity index (χ0n) is 16.2. The van der Waals surface area contributed by atoms with E-state index < -0.39 is 11.6 Å². The summed E-state index contributed by atoms with van der Waals surface area (Å²) >= 11 is 0. The number of benzene rings is 1. The molecule has 2 fully saturated rings. The molecule has 5 heteroatoms. The maximum absolute atomic E-state index is 14.5. The quantitative estimate of drug-likeness (QED) is 0.814. The van der Waals surface area contributed by atoms with Crippen LogP contribution in [0.5, 0.6) is 0 Å². The fourth-order valence-corrected chi connectivity index (χ4v) is 3.52. The predicted octanol–water partition coefficient (Wildman–Crippen LogP) is 3.97. The number of hydrogen-bond acceptors (Lipinski definition) is 3. The van der Waals surface area contributed by atoms with Crippen LogP contribution in [0.3, 0.4) is 0 Å². The number of likely N-dealkylation sites (tertiary alicyclic amines) is 1. The first kappa shape index (κ1) is 20.1. The molecule has 142 valence electrons. The largest absolute Gasteiger partial charge is 0.364 e. The van der Waals surface area contributed by atoms with E-state index in [9.17, 15) is 8.78 Å². The molecule has 0 spiro atoms. The second-order valence-electron chi connectivity index (χ2n) is 7.16. The molecule has 3 rings (SSSR count). The molecule has 0 saturated carbocycles. The van der Waals surface area contributed by atoms with Crippen LogP contribution in [-0.4, -0.2) is 56.1 Å². The van der Waals surface area contributed by atoms with Crippen molar-refractivity contribution in [3.63, 3.8) is 0 Å². The third-order valence-electron chi connectivity index (χ3n) is 5.18. The third-order valence-corrected chi connectivity index (χ3v) is 5.18. The number of anilines is 1. The van der Waals surface area contributed by atoms with E-state index in [0.29, 0.717) is 19.6 Å². The van der Waals surface area contributed by atoms with Crippen LogP contribution >= 0.6 is 0 Å². The van der Waals surface area contributed by atoms with Crippen molar-refractivity contribution in [1.29, 1.82) is 0 Å². The normalized spacial score (nSPS) is 20.3. The van der Waals surface area contributed by atoms with Crippen molar-refractivity contribution in [3.05, 3.63) is 29.3 Å². The van der Waals surface area contributed by atoms with Crippen molar-refractivity contribution in [1.82, 2.24) is 9.80 Å². The monoisotopic (exact) mass is 353 g/mol. The van der Waals surface area contributed by atoms with E-state index in [2.05, 4.69) is 16.7 Å². The molecule has 0 aliphatic carbocycles. The van der Waals surface area contributed by atoms with Crippen molar-refractivity contribution in [2.45, 2.75) is 40.2 Å². The van der Waals surface area contributed by atoms with E-state index in [1.807, 2.05) is 25.8 Å². The minimum atomic E-state index is -0.421. The smallest absolute Gasteiger partial charge is 0.149 e. The zero-order valence-corrected chi connectivity index (χ0v) is 16.2. The molecular formula is C20H33F2N3. The lowest BCUT2D eigenvalue weighted by atomic mass is 9.99. The Hall–Kier alpha value is -1.20. The minimum absolute atomic E-state index is 0.147. The second-order valence-corrected chi connectivity index (χ2v) is 7.16. The van der Waals surface area contributed by atoms with Crippen molar-refractivity contribution in [2.75, 3.05) is 51.2 Å². The number of piperazine rings is 1. The number of nitrogens with zero attached hydrogens (tertiary/aromatic N) is 3. The van der Waals surface area contributed by atoms with Crippen molar-refractivity contribution in [2.24, 2.45) is 5.92 Å². The molecule has 0 bridgehead atoms. The molecule has 2 heterocycles. The Bertz CT molecular complexity index is 511. The Balaban J connectivity index is 0.00000109. The molecule has 0 aromatic heterocycles.